The van der Waals surface area contributed by atoms with Crippen LogP contribution >= 0.6 is 11.8 Å². The monoisotopic (exact) mass is 638 g/mol. The van der Waals surface area contributed by atoms with Crippen molar-refractivity contribution in [3.05, 3.63) is 48.6 Å². The molecule has 5 aliphatic rings. The molecule has 10 nitrogen and oxygen atoms in total. The third-order valence-corrected chi connectivity index (χ3v) is 11.5. The Labute approximate surface area is 270 Å². The fraction of sp³-hybridized carbons (Fsp3) is 0.618. The van der Waals surface area contributed by atoms with E-state index in [1.54, 1.807) is 21.6 Å². The number of amides is 3. The molecule has 6 atom stereocenters. The van der Waals surface area contributed by atoms with E-state index in [1.807, 2.05) is 48.2 Å². The minimum Gasteiger partial charge on any atom is -0.494 e. The molecule has 1 spiro atoms. The zero-order valence-electron chi connectivity index (χ0n) is 26.5. The molecule has 5 aliphatic heterocycles. The first-order valence-electron chi connectivity index (χ1n) is 16.4. The number of aliphatic hydroxyl groups excluding tert-OH is 1. The standard InChI is InChI=1S/C34H46N4O6S/c1-4-44-26-10-8-24(9-11-26)37-14-5-7-27-28(31(37)40)29-32(41)38(25(22-39)21-23(2)3)30-33(42)36(13-6-12-34(29,30)45-27)16-15-35-17-19-43-20-18-35/h5-12,23,25,27-30,39H,4,13-22H2,1-3H3/t25-,27-,28+,29+,30?,34+/m1/s1. The van der Waals surface area contributed by atoms with Gasteiger partial charge in [0.15, 0.2) is 0 Å². The Morgan fingerprint density at radius 1 is 1.02 bits per heavy atom. The molecule has 244 valence electrons. The molecule has 1 aromatic rings. The second-order valence-electron chi connectivity index (χ2n) is 13.0. The van der Waals surface area contributed by atoms with E-state index < -0.39 is 28.7 Å². The molecule has 0 aliphatic carbocycles. The number of likely N-dealkylation sites (tertiary alicyclic amines) is 1. The van der Waals surface area contributed by atoms with Gasteiger partial charge >= 0.3 is 0 Å². The fourth-order valence-electron chi connectivity index (χ4n) is 7.75. The Balaban J connectivity index is 1.35. The van der Waals surface area contributed by atoms with E-state index in [0.717, 1.165) is 31.1 Å². The number of hydrogen-bond donors (Lipinski definition) is 1. The molecule has 11 heteroatoms. The predicted molar refractivity (Wildman–Crippen MR) is 174 cm³/mol. The number of nitrogens with zero attached hydrogens (tertiary/aromatic N) is 4. The number of ether oxygens (including phenoxy) is 2. The van der Waals surface area contributed by atoms with Crippen LogP contribution in [0.25, 0.3) is 0 Å². The molecule has 1 unspecified atom stereocenters. The Morgan fingerprint density at radius 2 is 1.78 bits per heavy atom. The Morgan fingerprint density at radius 3 is 2.47 bits per heavy atom. The van der Waals surface area contributed by atoms with E-state index in [9.17, 15) is 19.5 Å². The molecule has 3 saturated heterocycles. The molecular weight excluding hydrogens is 592 g/mol. The molecule has 1 aromatic carbocycles. The van der Waals surface area contributed by atoms with Crippen LogP contribution in [0, 0.1) is 17.8 Å². The number of thioether (sulfide) groups is 1. The number of hydrogen-bond acceptors (Lipinski definition) is 8. The van der Waals surface area contributed by atoms with Crippen molar-refractivity contribution >= 4 is 35.2 Å². The van der Waals surface area contributed by atoms with Crippen molar-refractivity contribution in [2.75, 3.05) is 70.6 Å². The molecule has 45 heavy (non-hydrogen) atoms. The third kappa shape index (κ3) is 5.92. The number of benzene rings is 1. The van der Waals surface area contributed by atoms with Crippen LogP contribution in [0.4, 0.5) is 5.69 Å². The highest BCUT2D eigenvalue weighted by Gasteiger charge is 2.71. The van der Waals surface area contributed by atoms with Crippen molar-refractivity contribution in [1.82, 2.24) is 14.7 Å². The molecule has 0 bridgehead atoms. The van der Waals surface area contributed by atoms with E-state index in [2.05, 4.69) is 30.9 Å². The lowest BCUT2D eigenvalue weighted by atomic mass is 9.78. The van der Waals surface area contributed by atoms with Gasteiger partial charge in [0.25, 0.3) is 0 Å². The van der Waals surface area contributed by atoms with Crippen LogP contribution in [0.5, 0.6) is 5.75 Å². The van der Waals surface area contributed by atoms with Gasteiger partial charge in [-0.15, -0.1) is 11.8 Å². The first-order chi connectivity index (χ1) is 21.8. The smallest absolute Gasteiger partial charge is 0.247 e. The second-order valence-corrected chi connectivity index (χ2v) is 14.5. The SMILES string of the molecule is CCOc1ccc(N2CC=C[C@H]3S[C@]45C=CCN(CCN6CCOCC6)C(=O)C4N([C@@H](CO)CC(C)C)C(=O)[C@@H]5[C@H]3C2=O)cc1. The van der Waals surface area contributed by atoms with E-state index in [1.165, 1.54) is 0 Å². The summed E-state index contributed by atoms with van der Waals surface area (Å²) in [5, 5.41) is 10.4. The van der Waals surface area contributed by atoms with Gasteiger partial charge in [-0.1, -0.05) is 38.2 Å². The van der Waals surface area contributed by atoms with Gasteiger partial charge in [-0.25, -0.2) is 0 Å². The normalized spacial score (nSPS) is 30.8. The van der Waals surface area contributed by atoms with E-state index in [-0.39, 0.29) is 35.5 Å². The van der Waals surface area contributed by atoms with Crippen molar-refractivity contribution in [2.24, 2.45) is 17.8 Å². The molecule has 6 rings (SSSR count). The number of aliphatic hydroxyl groups is 1. The van der Waals surface area contributed by atoms with E-state index >= 15 is 0 Å². The average Bonchev–Trinajstić information content (AvgIpc) is 3.36. The van der Waals surface area contributed by atoms with Gasteiger partial charge < -0.3 is 29.3 Å². The summed E-state index contributed by atoms with van der Waals surface area (Å²) in [6, 6.07) is 6.17. The summed E-state index contributed by atoms with van der Waals surface area (Å²) in [5.41, 5.74) is 0.744. The summed E-state index contributed by atoms with van der Waals surface area (Å²) in [5.74, 6) is -0.848. The van der Waals surface area contributed by atoms with E-state index in [0.29, 0.717) is 45.9 Å². The highest BCUT2D eigenvalue weighted by Crippen LogP contribution is 2.61. The van der Waals surface area contributed by atoms with Crippen LogP contribution in [0.3, 0.4) is 0 Å². The van der Waals surface area contributed by atoms with Gasteiger partial charge in [0.2, 0.25) is 17.7 Å². The molecule has 0 radical (unpaired) electrons. The largest absolute Gasteiger partial charge is 0.494 e. The molecule has 0 saturated carbocycles. The van der Waals surface area contributed by atoms with Gasteiger partial charge in [0, 0.05) is 50.2 Å². The lowest BCUT2D eigenvalue weighted by Gasteiger charge is -2.39. The summed E-state index contributed by atoms with van der Waals surface area (Å²) in [7, 11) is 0. The van der Waals surface area contributed by atoms with Crippen molar-refractivity contribution in [1.29, 1.82) is 0 Å². The summed E-state index contributed by atoms with van der Waals surface area (Å²) in [4.78, 5) is 51.5. The molecule has 3 fully saturated rings. The summed E-state index contributed by atoms with van der Waals surface area (Å²) in [6.07, 6.45) is 8.71. The number of morpholine rings is 1. The minimum absolute atomic E-state index is 0.102. The molecular formula is C34H46N4O6S. The Hall–Kier alpha value is -2.86. The molecule has 5 heterocycles. The number of anilines is 1. The second kappa shape index (κ2) is 13.5. The number of carbonyl (C=O) groups excluding carboxylic acids is 3. The summed E-state index contributed by atoms with van der Waals surface area (Å²) >= 11 is 1.58. The highest BCUT2D eigenvalue weighted by atomic mass is 32.2. The average molecular weight is 639 g/mol. The van der Waals surface area contributed by atoms with Crippen molar-refractivity contribution in [3.8, 4) is 5.75 Å². The van der Waals surface area contributed by atoms with Crippen LogP contribution in [-0.4, -0.2) is 125 Å². The number of fused-ring (bicyclic) bond motifs is 2. The van der Waals surface area contributed by atoms with Gasteiger partial charge in [-0.3, -0.25) is 19.3 Å². The Bertz CT molecular complexity index is 1310. The van der Waals surface area contributed by atoms with Gasteiger partial charge in [-0.2, -0.15) is 0 Å². The highest BCUT2D eigenvalue weighted by molar-refractivity contribution is 8.02. The summed E-state index contributed by atoms with van der Waals surface area (Å²) in [6.45, 7) is 11.5. The minimum atomic E-state index is -0.913. The maximum Gasteiger partial charge on any atom is 0.247 e. The van der Waals surface area contributed by atoms with Gasteiger partial charge in [0.05, 0.1) is 49.1 Å². The topological polar surface area (TPSA) is 103 Å². The van der Waals surface area contributed by atoms with Crippen LogP contribution in [-0.2, 0) is 19.1 Å². The Kier molecular flexibility index (Phi) is 9.61. The number of rotatable bonds is 10. The van der Waals surface area contributed by atoms with Crippen molar-refractivity contribution in [3.63, 3.8) is 0 Å². The lowest BCUT2D eigenvalue weighted by molar-refractivity contribution is -0.146. The van der Waals surface area contributed by atoms with Crippen LogP contribution in [0.1, 0.15) is 27.2 Å². The zero-order chi connectivity index (χ0) is 31.7. The predicted octanol–water partition coefficient (Wildman–Crippen LogP) is 2.42. The van der Waals surface area contributed by atoms with Crippen LogP contribution < -0.4 is 9.64 Å². The number of carbonyl (C=O) groups is 3. The maximum absolute atomic E-state index is 14.7. The quantitative estimate of drug-likeness (QED) is 0.390. The van der Waals surface area contributed by atoms with E-state index in [4.69, 9.17) is 9.47 Å². The molecule has 0 aromatic heterocycles. The molecule has 1 N–H and O–H groups in total. The van der Waals surface area contributed by atoms with Gasteiger partial charge in [-0.05, 0) is 43.5 Å². The van der Waals surface area contributed by atoms with Crippen LogP contribution in [0.15, 0.2) is 48.6 Å². The van der Waals surface area contributed by atoms with Crippen molar-refractivity contribution in [2.45, 2.75) is 49.3 Å². The lowest BCUT2D eigenvalue weighted by Crippen LogP contribution is -2.57. The fourth-order valence-corrected chi connectivity index (χ4v) is 9.74. The van der Waals surface area contributed by atoms with Gasteiger partial charge in [0.1, 0.15) is 11.8 Å². The summed E-state index contributed by atoms with van der Waals surface area (Å²) < 4.78 is 10.2. The molecule has 3 amide bonds. The first kappa shape index (κ1) is 32.1. The third-order valence-electron chi connectivity index (χ3n) is 9.78. The van der Waals surface area contributed by atoms with Crippen LogP contribution in [0.2, 0.25) is 0 Å². The first-order valence-corrected chi connectivity index (χ1v) is 17.2. The maximum atomic E-state index is 14.7. The zero-order valence-corrected chi connectivity index (χ0v) is 27.4. The van der Waals surface area contributed by atoms with Crippen molar-refractivity contribution < 1.29 is 29.0 Å².